The van der Waals surface area contributed by atoms with Gasteiger partial charge in [-0.25, -0.2) is 4.79 Å². The Kier molecular flexibility index (Phi) is 3.22. The summed E-state index contributed by atoms with van der Waals surface area (Å²) in [6.45, 7) is 0. The lowest BCUT2D eigenvalue weighted by atomic mass is 10.0. The number of imide groups is 1. The van der Waals surface area contributed by atoms with Crippen LogP contribution in [0.4, 0.5) is 4.79 Å². The van der Waals surface area contributed by atoms with Crippen LogP contribution in [0.5, 0.6) is 0 Å². The number of aromatic nitrogens is 1. The molecule has 18 heavy (non-hydrogen) atoms. The van der Waals surface area contributed by atoms with Gasteiger partial charge in [-0.15, -0.1) is 0 Å². The van der Waals surface area contributed by atoms with E-state index in [1.165, 1.54) is 0 Å². The average molecular weight is 250 g/mol. The number of amides is 2. The van der Waals surface area contributed by atoms with Gasteiger partial charge in [-0.2, -0.15) is 0 Å². The molecule has 1 atom stereocenters. The monoisotopic (exact) mass is 250 g/mol. The molecule has 2 rings (SSSR count). The first kappa shape index (κ1) is 12.0. The Morgan fingerprint density at radius 2 is 2.28 bits per heavy atom. The molecule has 0 spiro atoms. The lowest BCUT2D eigenvalue weighted by molar-refractivity contribution is -0.176. The van der Waals surface area contributed by atoms with Gasteiger partial charge in [-0.1, -0.05) is 11.1 Å². The predicted octanol–water partition coefficient (Wildman–Crippen LogP) is 0.609. The van der Waals surface area contributed by atoms with E-state index in [1.807, 2.05) is 0 Å². The van der Waals surface area contributed by atoms with Gasteiger partial charge in [-0.05, 0) is 12.1 Å². The summed E-state index contributed by atoms with van der Waals surface area (Å²) in [4.78, 5) is 41.7. The molecule has 7 nitrogen and oxygen atoms in total. The van der Waals surface area contributed by atoms with E-state index in [9.17, 15) is 14.4 Å². The molecule has 2 heterocycles. The van der Waals surface area contributed by atoms with Gasteiger partial charge in [0.15, 0.2) is 0 Å². The first-order chi connectivity index (χ1) is 8.58. The van der Waals surface area contributed by atoms with Crippen LogP contribution in [0.2, 0.25) is 0 Å². The van der Waals surface area contributed by atoms with Gasteiger partial charge in [0.25, 0.3) is 11.8 Å². The van der Waals surface area contributed by atoms with Crippen molar-refractivity contribution in [1.29, 1.82) is 0 Å². The molecule has 1 saturated heterocycles. The molecule has 0 aromatic carbocycles. The van der Waals surface area contributed by atoms with Crippen LogP contribution in [0.3, 0.4) is 0 Å². The Morgan fingerprint density at radius 3 is 2.89 bits per heavy atom. The number of pyridine rings is 1. The maximum Gasteiger partial charge on any atom is 0.531 e. The Labute approximate surface area is 102 Å². The average Bonchev–Trinajstić information content (AvgIpc) is 2.58. The first-order valence-corrected chi connectivity index (χ1v) is 5.25. The van der Waals surface area contributed by atoms with E-state index in [1.54, 1.807) is 24.4 Å². The standard InChI is InChI=1S/C11H10N2O5/c14-9-6-7(5-8-3-1-2-4-12-8)10(15)13(9)18-11(16)17/h1-4,7H,5-6H2,(H,16,17). The summed E-state index contributed by atoms with van der Waals surface area (Å²) in [6, 6.07) is 5.25. The Balaban J connectivity index is 2.06. The second-order valence-electron chi connectivity index (χ2n) is 3.81. The number of carbonyl (C=O) groups is 3. The van der Waals surface area contributed by atoms with Crippen molar-refractivity contribution in [2.75, 3.05) is 0 Å². The van der Waals surface area contributed by atoms with Gasteiger partial charge in [0.1, 0.15) is 0 Å². The molecule has 1 aromatic rings. The molecular weight excluding hydrogens is 240 g/mol. The third-order valence-electron chi connectivity index (χ3n) is 2.55. The van der Waals surface area contributed by atoms with Crippen LogP contribution >= 0.6 is 0 Å². The second-order valence-corrected chi connectivity index (χ2v) is 3.81. The minimum atomic E-state index is -1.69. The molecule has 0 saturated carbocycles. The van der Waals surface area contributed by atoms with Gasteiger partial charge in [0.05, 0.1) is 5.92 Å². The number of carbonyl (C=O) groups excluding carboxylic acids is 2. The largest absolute Gasteiger partial charge is 0.531 e. The summed E-state index contributed by atoms with van der Waals surface area (Å²) in [7, 11) is 0. The van der Waals surface area contributed by atoms with Crippen molar-refractivity contribution >= 4 is 18.0 Å². The fraction of sp³-hybridized carbons (Fsp3) is 0.273. The van der Waals surface area contributed by atoms with Crippen LogP contribution < -0.4 is 0 Å². The van der Waals surface area contributed by atoms with Crippen molar-refractivity contribution in [2.45, 2.75) is 12.8 Å². The molecular formula is C11H10N2O5. The highest BCUT2D eigenvalue weighted by molar-refractivity contribution is 6.03. The van der Waals surface area contributed by atoms with Crippen LogP contribution in [-0.2, 0) is 20.8 Å². The molecule has 2 amide bonds. The lowest BCUT2D eigenvalue weighted by Gasteiger charge is -2.10. The number of hydrogen-bond acceptors (Lipinski definition) is 5. The maximum absolute atomic E-state index is 11.7. The zero-order chi connectivity index (χ0) is 13.1. The van der Waals surface area contributed by atoms with E-state index in [4.69, 9.17) is 5.11 Å². The zero-order valence-corrected chi connectivity index (χ0v) is 9.28. The van der Waals surface area contributed by atoms with Gasteiger partial charge in [-0.3, -0.25) is 19.4 Å². The summed E-state index contributed by atoms with van der Waals surface area (Å²) in [5, 5.41) is 8.71. The number of hydroxylamine groups is 2. The Morgan fingerprint density at radius 1 is 1.50 bits per heavy atom. The van der Waals surface area contributed by atoms with Crippen molar-refractivity contribution < 1.29 is 24.3 Å². The van der Waals surface area contributed by atoms with E-state index in [0.717, 1.165) is 0 Å². The first-order valence-electron chi connectivity index (χ1n) is 5.25. The molecule has 1 N–H and O–H groups in total. The topological polar surface area (TPSA) is 96.8 Å². The van der Waals surface area contributed by atoms with Crippen LogP contribution in [0.25, 0.3) is 0 Å². The van der Waals surface area contributed by atoms with E-state index >= 15 is 0 Å². The van der Waals surface area contributed by atoms with Crippen LogP contribution in [0.1, 0.15) is 12.1 Å². The molecule has 1 aromatic heterocycles. The van der Waals surface area contributed by atoms with Crippen molar-refractivity contribution in [2.24, 2.45) is 5.92 Å². The molecule has 1 aliphatic heterocycles. The molecule has 94 valence electrons. The molecule has 7 heteroatoms. The molecule has 0 aliphatic carbocycles. The van der Waals surface area contributed by atoms with Crippen LogP contribution in [0.15, 0.2) is 24.4 Å². The number of nitrogens with zero attached hydrogens (tertiary/aromatic N) is 2. The third kappa shape index (κ3) is 2.45. The molecule has 0 bridgehead atoms. The minimum absolute atomic E-state index is 0.0668. The molecule has 1 unspecified atom stereocenters. The highest BCUT2D eigenvalue weighted by atomic mass is 16.8. The van der Waals surface area contributed by atoms with Crippen LogP contribution in [-0.4, -0.2) is 33.1 Å². The van der Waals surface area contributed by atoms with Gasteiger partial charge in [0.2, 0.25) is 0 Å². The Hall–Kier alpha value is -2.44. The number of rotatable bonds is 3. The van der Waals surface area contributed by atoms with Crippen molar-refractivity contribution in [1.82, 2.24) is 10.0 Å². The van der Waals surface area contributed by atoms with Gasteiger partial charge in [0, 0.05) is 24.7 Å². The van der Waals surface area contributed by atoms with Crippen molar-refractivity contribution in [3.63, 3.8) is 0 Å². The quantitative estimate of drug-likeness (QED) is 0.789. The predicted molar refractivity (Wildman–Crippen MR) is 57.0 cm³/mol. The maximum atomic E-state index is 11.7. The summed E-state index contributed by atoms with van der Waals surface area (Å²) in [6.07, 6.45) is 0.116. The minimum Gasteiger partial charge on any atom is -0.448 e. The summed E-state index contributed by atoms with van der Waals surface area (Å²) < 4.78 is 0. The van der Waals surface area contributed by atoms with Crippen LogP contribution in [0, 0.1) is 5.92 Å². The molecule has 1 fully saturated rings. The zero-order valence-electron chi connectivity index (χ0n) is 9.28. The van der Waals surface area contributed by atoms with Crippen molar-refractivity contribution in [3.05, 3.63) is 30.1 Å². The fourth-order valence-electron chi connectivity index (χ4n) is 1.77. The highest BCUT2D eigenvalue weighted by Gasteiger charge is 2.41. The van der Waals surface area contributed by atoms with Gasteiger partial charge >= 0.3 is 6.16 Å². The van der Waals surface area contributed by atoms with Crippen molar-refractivity contribution in [3.8, 4) is 0 Å². The van der Waals surface area contributed by atoms with E-state index in [-0.39, 0.29) is 12.8 Å². The smallest absolute Gasteiger partial charge is 0.448 e. The molecule has 0 radical (unpaired) electrons. The van der Waals surface area contributed by atoms with E-state index < -0.39 is 23.9 Å². The number of hydrogen-bond donors (Lipinski definition) is 1. The van der Waals surface area contributed by atoms with E-state index in [2.05, 4.69) is 9.82 Å². The lowest BCUT2D eigenvalue weighted by Crippen LogP contribution is -2.33. The summed E-state index contributed by atoms with van der Waals surface area (Å²) >= 11 is 0. The highest BCUT2D eigenvalue weighted by Crippen LogP contribution is 2.23. The third-order valence-corrected chi connectivity index (χ3v) is 2.55. The fourth-order valence-corrected chi connectivity index (χ4v) is 1.77. The molecule has 1 aliphatic rings. The normalized spacial score (nSPS) is 19.1. The number of carboxylic acid groups (broad SMARTS) is 1. The SMILES string of the molecule is O=C(O)ON1C(=O)CC(Cc2ccccn2)C1=O. The summed E-state index contributed by atoms with van der Waals surface area (Å²) in [5.41, 5.74) is 0.667. The Bertz CT molecular complexity index is 487. The van der Waals surface area contributed by atoms with Gasteiger partial charge < -0.3 is 5.11 Å². The summed E-state index contributed by atoms with van der Waals surface area (Å²) in [5.74, 6) is -1.91. The second kappa shape index (κ2) is 4.82. The van der Waals surface area contributed by atoms with E-state index in [0.29, 0.717) is 10.8 Å².